The van der Waals surface area contributed by atoms with Crippen LogP contribution >= 0.6 is 15.9 Å². The summed E-state index contributed by atoms with van der Waals surface area (Å²) in [6.07, 6.45) is 3.59. The zero-order valence-electron chi connectivity index (χ0n) is 11.7. The number of rotatable bonds is 2. The Bertz CT molecular complexity index is 334. The van der Waals surface area contributed by atoms with E-state index in [1.54, 1.807) is 4.90 Å². The molecular formula is C13H22BrNO3. The van der Waals surface area contributed by atoms with Crippen molar-refractivity contribution >= 4 is 22.0 Å². The summed E-state index contributed by atoms with van der Waals surface area (Å²) in [5.74, 6) is 0. The van der Waals surface area contributed by atoms with Crippen LogP contribution in [0.1, 0.15) is 34.6 Å². The highest BCUT2D eigenvalue weighted by molar-refractivity contribution is 9.09. The second-order valence-corrected chi connectivity index (χ2v) is 6.41. The van der Waals surface area contributed by atoms with Gasteiger partial charge in [-0.25, -0.2) is 4.79 Å². The van der Waals surface area contributed by atoms with Gasteiger partial charge >= 0.3 is 6.09 Å². The number of hydrogen-bond donors (Lipinski definition) is 0. The minimum Gasteiger partial charge on any atom is -0.444 e. The normalized spacial score (nSPS) is 23.7. The zero-order valence-corrected chi connectivity index (χ0v) is 13.3. The Morgan fingerprint density at radius 1 is 1.56 bits per heavy atom. The van der Waals surface area contributed by atoms with Crippen molar-refractivity contribution in [2.24, 2.45) is 0 Å². The molecule has 0 aliphatic carbocycles. The number of allylic oxidation sites excluding steroid dienone is 1. The van der Waals surface area contributed by atoms with E-state index >= 15 is 0 Å². The van der Waals surface area contributed by atoms with E-state index in [9.17, 15) is 4.79 Å². The number of carbonyl (C=O) groups excluding carboxylic acids is 1. The molecule has 0 aromatic heterocycles. The third-order valence-corrected chi connectivity index (χ3v) is 2.93. The van der Waals surface area contributed by atoms with Crippen molar-refractivity contribution in [2.45, 2.75) is 52.0 Å². The first kappa shape index (κ1) is 15.5. The highest BCUT2D eigenvalue weighted by Crippen LogP contribution is 2.29. The summed E-state index contributed by atoms with van der Waals surface area (Å²) in [5, 5.41) is 0.756. The van der Waals surface area contributed by atoms with E-state index in [-0.39, 0.29) is 12.1 Å². The molecule has 1 aliphatic heterocycles. The molecule has 0 radical (unpaired) electrons. The lowest BCUT2D eigenvalue weighted by Gasteiger charge is -2.34. The van der Waals surface area contributed by atoms with Crippen LogP contribution in [0.5, 0.6) is 0 Å². The van der Waals surface area contributed by atoms with Gasteiger partial charge in [0.15, 0.2) is 0 Å². The SMILES string of the molecule is CC(C)(C)OC(=O)N1[C@@H](/C=C\CBr)COC1(C)C. The molecule has 1 amide bonds. The minimum atomic E-state index is -0.635. The van der Waals surface area contributed by atoms with Gasteiger partial charge < -0.3 is 9.47 Å². The van der Waals surface area contributed by atoms with Crippen LogP contribution < -0.4 is 0 Å². The quantitative estimate of drug-likeness (QED) is 0.579. The Morgan fingerprint density at radius 3 is 2.67 bits per heavy atom. The average molecular weight is 320 g/mol. The molecule has 0 saturated carbocycles. The number of amides is 1. The molecule has 0 spiro atoms. The van der Waals surface area contributed by atoms with Gasteiger partial charge in [-0.05, 0) is 34.6 Å². The molecule has 0 bridgehead atoms. The molecule has 1 fully saturated rings. The number of nitrogens with zero attached hydrogens (tertiary/aromatic N) is 1. The highest BCUT2D eigenvalue weighted by Gasteiger charge is 2.44. The Labute approximate surface area is 117 Å². The first-order chi connectivity index (χ1) is 8.17. The van der Waals surface area contributed by atoms with E-state index in [1.165, 1.54) is 0 Å². The fourth-order valence-corrected chi connectivity index (χ4v) is 2.07. The number of ether oxygens (including phenoxy) is 2. The van der Waals surface area contributed by atoms with Crippen molar-refractivity contribution in [3.63, 3.8) is 0 Å². The van der Waals surface area contributed by atoms with E-state index in [0.29, 0.717) is 6.61 Å². The van der Waals surface area contributed by atoms with E-state index in [0.717, 1.165) is 5.33 Å². The molecule has 0 N–H and O–H groups in total. The lowest BCUT2D eigenvalue weighted by Crippen LogP contribution is -2.49. The highest BCUT2D eigenvalue weighted by atomic mass is 79.9. The van der Waals surface area contributed by atoms with Gasteiger partial charge in [0.2, 0.25) is 0 Å². The molecule has 18 heavy (non-hydrogen) atoms. The smallest absolute Gasteiger partial charge is 0.413 e. The first-order valence-electron chi connectivity index (χ1n) is 6.06. The fraction of sp³-hybridized carbons (Fsp3) is 0.769. The summed E-state index contributed by atoms with van der Waals surface area (Å²) in [7, 11) is 0. The van der Waals surface area contributed by atoms with Crippen LogP contribution in [-0.4, -0.2) is 40.3 Å². The third-order valence-electron chi connectivity index (χ3n) is 2.56. The summed E-state index contributed by atoms with van der Waals surface area (Å²) in [6, 6.07) is -0.0765. The van der Waals surface area contributed by atoms with Gasteiger partial charge in [-0.3, -0.25) is 4.90 Å². The molecule has 0 aromatic carbocycles. The van der Waals surface area contributed by atoms with Crippen LogP contribution in [0.2, 0.25) is 0 Å². The number of alkyl halides is 1. The van der Waals surface area contributed by atoms with Gasteiger partial charge in [0, 0.05) is 5.33 Å². The Balaban J connectivity index is 2.85. The standard InChI is InChI=1S/C13H22BrNO3/c1-12(2,3)18-11(16)15-10(7-6-8-14)9-17-13(15,4)5/h6-7,10H,8-9H2,1-5H3/b7-6-/t10-/m0/s1. The molecule has 5 heteroatoms. The first-order valence-corrected chi connectivity index (χ1v) is 7.18. The fourth-order valence-electron chi connectivity index (χ4n) is 1.85. The van der Waals surface area contributed by atoms with E-state index in [2.05, 4.69) is 15.9 Å². The predicted octanol–water partition coefficient (Wildman–Crippen LogP) is 3.31. The Morgan fingerprint density at radius 2 is 2.17 bits per heavy atom. The molecule has 104 valence electrons. The maximum atomic E-state index is 12.2. The second kappa shape index (κ2) is 5.61. The van der Waals surface area contributed by atoms with Crippen molar-refractivity contribution in [2.75, 3.05) is 11.9 Å². The topological polar surface area (TPSA) is 38.8 Å². The van der Waals surface area contributed by atoms with Gasteiger partial charge in [0.05, 0.1) is 12.6 Å². The van der Waals surface area contributed by atoms with Crippen molar-refractivity contribution in [3.8, 4) is 0 Å². The van der Waals surface area contributed by atoms with E-state index in [1.807, 2.05) is 46.8 Å². The lowest BCUT2D eigenvalue weighted by atomic mass is 10.2. The average Bonchev–Trinajstić information content (AvgIpc) is 2.48. The van der Waals surface area contributed by atoms with Gasteiger partial charge in [-0.1, -0.05) is 28.1 Å². The Hall–Kier alpha value is -0.550. The molecule has 4 nitrogen and oxygen atoms in total. The van der Waals surface area contributed by atoms with Crippen molar-refractivity contribution in [1.82, 2.24) is 4.90 Å². The largest absolute Gasteiger partial charge is 0.444 e. The van der Waals surface area contributed by atoms with Crippen LogP contribution in [0.25, 0.3) is 0 Å². The Kier molecular flexibility index (Phi) is 4.84. The van der Waals surface area contributed by atoms with Crippen molar-refractivity contribution in [3.05, 3.63) is 12.2 Å². The molecule has 0 aromatic rings. The number of halogens is 1. The summed E-state index contributed by atoms with van der Waals surface area (Å²) in [6.45, 7) is 9.82. The number of carbonyl (C=O) groups is 1. The molecule has 1 aliphatic rings. The lowest BCUT2D eigenvalue weighted by molar-refractivity contribution is -0.0610. The van der Waals surface area contributed by atoms with Crippen LogP contribution in [0.4, 0.5) is 4.79 Å². The van der Waals surface area contributed by atoms with E-state index in [4.69, 9.17) is 9.47 Å². The molecule has 0 unspecified atom stereocenters. The van der Waals surface area contributed by atoms with Gasteiger partial charge in [-0.2, -0.15) is 0 Å². The molecule has 1 rings (SSSR count). The summed E-state index contributed by atoms with van der Waals surface area (Å²) in [4.78, 5) is 13.9. The third kappa shape index (κ3) is 3.99. The molecule has 1 heterocycles. The molecular weight excluding hydrogens is 298 g/mol. The second-order valence-electron chi connectivity index (χ2n) is 5.76. The molecule has 1 saturated heterocycles. The van der Waals surface area contributed by atoms with Crippen molar-refractivity contribution in [1.29, 1.82) is 0 Å². The zero-order chi connectivity index (χ0) is 14.0. The van der Waals surface area contributed by atoms with Gasteiger partial charge in [0.1, 0.15) is 11.3 Å². The van der Waals surface area contributed by atoms with Gasteiger partial charge in [-0.15, -0.1) is 0 Å². The van der Waals surface area contributed by atoms with Gasteiger partial charge in [0.25, 0.3) is 0 Å². The number of hydrogen-bond acceptors (Lipinski definition) is 3. The predicted molar refractivity (Wildman–Crippen MR) is 74.8 cm³/mol. The van der Waals surface area contributed by atoms with Crippen LogP contribution in [0.15, 0.2) is 12.2 Å². The summed E-state index contributed by atoms with van der Waals surface area (Å²) >= 11 is 3.33. The van der Waals surface area contributed by atoms with E-state index < -0.39 is 11.3 Å². The monoisotopic (exact) mass is 319 g/mol. The van der Waals surface area contributed by atoms with Crippen molar-refractivity contribution < 1.29 is 14.3 Å². The summed E-state index contributed by atoms with van der Waals surface area (Å²) in [5.41, 5.74) is -1.14. The van der Waals surface area contributed by atoms with Crippen LogP contribution in [-0.2, 0) is 9.47 Å². The molecule has 1 atom stereocenters. The minimum absolute atomic E-state index is 0.0765. The maximum absolute atomic E-state index is 12.2. The van der Waals surface area contributed by atoms with Crippen LogP contribution in [0, 0.1) is 0 Å². The maximum Gasteiger partial charge on any atom is 0.413 e. The van der Waals surface area contributed by atoms with Crippen LogP contribution in [0.3, 0.4) is 0 Å². The summed E-state index contributed by atoms with van der Waals surface area (Å²) < 4.78 is 11.1.